The highest BCUT2D eigenvalue weighted by Gasteiger charge is 2.19. The summed E-state index contributed by atoms with van der Waals surface area (Å²) < 4.78 is 20.1. The summed E-state index contributed by atoms with van der Waals surface area (Å²) in [6.45, 7) is 0.201. The third-order valence-corrected chi connectivity index (χ3v) is 3.96. The van der Waals surface area contributed by atoms with Crippen LogP contribution >= 0.6 is 15.9 Å². The number of allylic oxidation sites excluding steroid dienone is 1. The second-order valence-electron chi connectivity index (χ2n) is 5.26. The minimum atomic E-state index is -0.585. The summed E-state index contributed by atoms with van der Waals surface area (Å²) >= 11 is 3.08. The fourth-order valence-electron chi connectivity index (χ4n) is 2.19. The number of carbonyl (C=O) groups excluding carboxylic acids is 1. The first kappa shape index (κ1) is 17.7. The number of nitrogens with zero attached hydrogens (tertiary/aromatic N) is 3. The van der Waals surface area contributed by atoms with Crippen molar-refractivity contribution in [1.29, 1.82) is 0 Å². The lowest BCUT2D eigenvalue weighted by Gasteiger charge is -1.95. The maximum absolute atomic E-state index is 12.9. The van der Waals surface area contributed by atoms with Gasteiger partial charge in [0.25, 0.3) is 0 Å². The van der Waals surface area contributed by atoms with Crippen LogP contribution in [0.25, 0.3) is 6.08 Å². The molecule has 0 atom stereocenters. The molecule has 132 valence electrons. The number of benzene rings is 1. The number of halogens is 2. The van der Waals surface area contributed by atoms with Gasteiger partial charge in [0.05, 0.1) is 11.3 Å². The van der Waals surface area contributed by atoms with Gasteiger partial charge < -0.3 is 14.5 Å². The quantitative estimate of drug-likeness (QED) is 0.258. The molecule has 26 heavy (non-hydrogen) atoms. The van der Waals surface area contributed by atoms with Gasteiger partial charge in [-0.25, -0.2) is 4.39 Å². The molecule has 0 bridgehead atoms. The number of nitro groups is 1. The van der Waals surface area contributed by atoms with Crippen LogP contribution in [0.5, 0.6) is 0 Å². The number of carbonyl (C=O) groups is 1. The van der Waals surface area contributed by atoms with Crippen molar-refractivity contribution in [1.82, 2.24) is 9.78 Å². The third kappa shape index (κ3) is 4.12. The fraction of sp³-hybridized carbons (Fsp3) is 0.0588. The molecule has 7 nitrogen and oxygen atoms in total. The molecule has 0 aliphatic rings. The zero-order valence-electron chi connectivity index (χ0n) is 13.1. The van der Waals surface area contributed by atoms with Crippen LogP contribution in [0.4, 0.5) is 10.2 Å². The molecule has 0 aliphatic carbocycles. The Morgan fingerprint density at radius 2 is 2.04 bits per heavy atom. The Hall–Kier alpha value is -3.07. The minimum Gasteiger partial charge on any atom is -0.460 e. The number of hydrogen-bond donors (Lipinski definition) is 0. The van der Waals surface area contributed by atoms with Gasteiger partial charge in [0.15, 0.2) is 5.78 Å². The normalized spacial score (nSPS) is 11.2. The van der Waals surface area contributed by atoms with Crippen molar-refractivity contribution in [2.45, 2.75) is 6.54 Å². The van der Waals surface area contributed by atoms with Crippen LogP contribution in [0, 0.1) is 15.9 Å². The van der Waals surface area contributed by atoms with Gasteiger partial charge in [0.2, 0.25) is 0 Å². The average molecular weight is 420 g/mol. The summed E-state index contributed by atoms with van der Waals surface area (Å²) in [5, 5.41) is 14.6. The van der Waals surface area contributed by atoms with Crippen LogP contribution in [0.3, 0.4) is 0 Å². The van der Waals surface area contributed by atoms with E-state index in [1.807, 2.05) is 0 Å². The van der Waals surface area contributed by atoms with Crippen molar-refractivity contribution in [2.24, 2.45) is 0 Å². The first-order chi connectivity index (χ1) is 12.4. The predicted molar refractivity (Wildman–Crippen MR) is 94.2 cm³/mol. The summed E-state index contributed by atoms with van der Waals surface area (Å²) in [5.74, 6) is -0.0113. The molecule has 3 aromatic rings. The van der Waals surface area contributed by atoms with Crippen molar-refractivity contribution < 1.29 is 18.5 Å². The third-order valence-electron chi connectivity index (χ3n) is 3.40. The lowest BCUT2D eigenvalue weighted by atomic mass is 10.1. The number of aromatic nitrogens is 2. The molecule has 0 unspecified atom stereocenters. The van der Waals surface area contributed by atoms with Gasteiger partial charge in [0.1, 0.15) is 28.4 Å². The monoisotopic (exact) mass is 419 g/mol. The zero-order valence-corrected chi connectivity index (χ0v) is 14.7. The summed E-state index contributed by atoms with van der Waals surface area (Å²) in [7, 11) is 0. The molecule has 0 amide bonds. The van der Waals surface area contributed by atoms with E-state index in [4.69, 9.17) is 4.42 Å². The van der Waals surface area contributed by atoms with E-state index in [0.29, 0.717) is 17.1 Å². The van der Waals surface area contributed by atoms with Crippen molar-refractivity contribution in [3.05, 3.63) is 86.2 Å². The molecule has 1 aromatic carbocycles. The molecule has 0 spiro atoms. The van der Waals surface area contributed by atoms with Crippen LogP contribution in [-0.2, 0) is 6.54 Å². The summed E-state index contributed by atoms with van der Waals surface area (Å²) in [5.41, 5.74) is 0.364. The molecule has 9 heteroatoms. The van der Waals surface area contributed by atoms with Crippen molar-refractivity contribution in [3.63, 3.8) is 0 Å². The highest BCUT2D eigenvalue weighted by Crippen LogP contribution is 2.23. The van der Waals surface area contributed by atoms with Gasteiger partial charge >= 0.3 is 5.82 Å². The van der Waals surface area contributed by atoms with Crippen LogP contribution in [0.2, 0.25) is 0 Å². The highest BCUT2D eigenvalue weighted by molar-refractivity contribution is 9.10. The lowest BCUT2D eigenvalue weighted by Crippen LogP contribution is -2.00. The molecular formula is C17H11BrFN3O4. The predicted octanol–water partition coefficient (Wildman–Crippen LogP) is 4.23. The lowest BCUT2D eigenvalue weighted by molar-refractivity contribution is -0.390. The number of rotatable bonds is 6. The first-order valence-electron chi connectivity index (χ1n) is 7.36. The Labute approximate surface area is 155 Å². The molecule has 0 saturated heterocycles. The number of ketones is 1. The van der Waals surface area contributed by atoms with Gasteiger partial charge in [-0.05, 0) is 69.4 Å². The SMILES string of the molecule is O=C(/C=C/c1ccc(Cn2cc(Br)c([N+](=O)[O-])n2)o1)c1ccc(F)cc1. The van der Waals surface area contributed by atoms with Crippen LogP contribution < -0.4 is 0 Å². The molecule has 0 N–H and O–H groups in total. The van der Waals surface area contributed by atoms with Crippen molar-refractivity contribution >= 4 is 33.6 Å². The van der Waals surface area contributed by atoms with E-state index in [1.54, 1.807) is 12.1 Å². The van der Waals surface area contributed by atoms with Gasteiger partial charge in [-0.2, -0.15) is 4.68 Å². The Bertz CT molecular complexity index is 992. The van der Waals surface area contributed by atoms with Crippen molar-refractivity contribution in [3.8, 4) is 0 Å². The van der Waals surface area contributed by atoms with E-state index in [2.05, 4.69) is 21.0 Å². The van der Waals surface area contributed by atoms with E-state index in [9.17, 15) is 19.3 Å². The van der Waals surface area contributed by atoms with Crippen LogP contribution in [-0.4, -0.2) is 20.5 Å². The maximum Gasteiger partial charge on any atom is 0.404 e. The van der Waals surface area contributed by atoms with E-state index in [-0.39, 0.29) is 22.6 Å². The number of furan rings is 1. The molecule has 0 fully saturated rings. The average Bonchev–Trinajstić information content (AvgIpc) is 3.20. The van der Waals surface area contributed by atoms with Gasteiger partial charge in [-0.3, -0.25) is 4.79 Å². The summed E-state index contributed by atoms with van der Waals surface area (Å²) in [6.07, 6.45) is 4.30. The molecule has 2 aromatic heterocycles. The Balaban J connectivity index is 1.68. The minimum absolute atomic E-state index is 0.201. The number of hydrogen-bond acceptors (Lipinski definition) is 5. The molecule has 0 aliphatic heterocycles. The fourth-order valence-corrected chi connectivity index (χ4v) is 2.65. The smallest absolute Gasteiger partial charge is 0.404 e. The van der Waals surface area contributed by atoms with E-state index in [0.717, 1.165) is 0 Å². The van der Waals surface area contributed by atoms with Crippen LogP contribution in [0.1, 0.15) is 21.9 Å². The van der Waals surface area contributed by atoms with E-state index in [1.165, 1.54) is 47.3 Å². The summed E-state index contributed by atoms with van der Waals surface area (Å²) in [4.78, 5) is 22.2. The molecule has 3 rings (SSSR count). The largest absolute Gasteiger partial charge is 0.460 e. The highest BCUT2D eigenvalue weighted by atomic mass is 79.9. The molecule has 0 radical (unpaired) electrons. The standard InChI is InChI=1S/C17H11BrFN3O4/c18-15-10-21(20-17(15)22(24)25)9-14-6-5-13(26-14)7-8-16(23)11-1-3-12(19)4-2-11/h1-8,10H,9H2/b8-7+. The Kier molecular flexibility index (Phi) is 5.08. The van der Waals surface area contributed by atoms with Crippen LogP contribution in [0.15, 0.2) is 57.6 Å². The van der Waals surface area contributed by atoms with E-state index >= 15 is 0 Å². The maximum atomic E-state index is 12.9. The van der Waals surface area contributed by atoms with Gasteiger partial charge in [0, 0.05) is 5.56 Å². The molecular weight excluding hydrogens is 409 g/mol. The second kappa shape index (κ2) is 7.44. The van der Waals surface area contributed by atoms with E-state index < -0.39 is 10.7 Å². The van der Waals surface area contributed by atoms with Gasteiger partial charge in [-0.1, -0.05) is 0 Å². The van der Waals surface area contributed by atoms with Crippen molar-refractivity contribution in [2.75, 3.05) is 0 Å². The zero-order chi connectivity index (χ0) is 18.7. The molecule has 2 heterocycles. The Morgan fingerprint density at radius 1 is 1.31 bits per heavy atom. The first-order valence-corrected chi connectivity index (χ1v) is 8.16. The Morgan fingerprint density at radius 3 is 2.69 bits per heavy atom. The summed E-state index contributed by atoms with van der Waals surface area (Å²) in [6, 6.07) is 8.58. The molecule has 0 saturated carbocycles. The van der Waals surface area contributed by atoms with Gasteiger partial charge in [-0.15, -0.1) is 0 Å². The topological polar surface area (TPSA) is 91.2 Å². The second-order valence-corrected chi connectivity index (χ2v) is 6.12.